The topological polar surface area (TPSA) is 51.0 Å². The summed E-state index contributed by atoms with van der Waals surface area (Å²) >= 11 is 1.70. The molecule has 17 heavy (non-hydrogen) atoms. The zero-order valence-corrected chi connectivity index (χ0v) is 10.8. The number of aryl methyl sites for hydroxylation is 1. The normalized spacial score (nSPS) is 10.7. The van der Waals surface area contributed by atoms with Gasteiger partial charge in [-0.3, -0.25) is 0 Å². The highest BCUT2D eigenvalue weighted by Crippen LogP contribution is 2.22. The van der Waals surface area contributed by atoms with Crippen molar-refractivity contribution >= 4 is 11.8 Å². The van der Waals surface area contributed by atoms with E-state index in [-0.39, 0.29) is 0 Å². The molecule has 90 valence electrons. The van der Waals surface area contributed by atoms with E-state index < -0.39 is 0 Å². The molecule has 0 saturated heterocycles. The summed E-state index contributed by atoms with van der Waals surface area (Å²) in [6.07, 6.45) is 0. The van der Waals surface area contributed by atoms with Crippen molar-refractivity contribution in [2.75, 3.05) is 7.05 Å². The van der Waals surface area contributed by atoms with Crippen molar-refractivity contribution in [1.82, 2.24) is 15.5 Å². The van der Waals surface area contributed by atoms with Crippen LogP contribution in [0.3, 0.4) is 0 Å². The first-order valence-corrected chi connectivity index (χ1v) is 6.42. The third-order valence-corrected chi connectivity index (χ3v) is 3.23. The van der Waals surface area contributed by atoms with Gasteiger partial charge >= 0.3 is 0 Å². The Morgan fingerprint density at radius 2 is 2.06 bits per heavy atom. The van der Waals surface area contributed by atoms with Crippen molar-refractivity contribution in [2.24, 2.45) is 0 Å². The summed E-state index contributed by atoms with van der Waals surface area (Å²) in [5.74, 6) is 2.07. The molecule has 0 aliphatic carbocycles. The Morgan fingerprint density at radius 3 is 2.65 bits per heavy atom. The van der Waals surface area contributed by atoms with Gasteiger partial charge in [-0.1, -0.05) is 17.3 Å². The molecule has 0 radical (unpaired) electrons. The van der Waals surface area contributed by atoms with Crippen LogP contribution in [-0.2, 0) is 12.3 Å². The van der Waals surface area contributed by atoms with E-state index in [0.29, 0.717) is 17.5 Å². The van der Waals surface area contributed by atoms with Gasteiger partial charge in [0, 0.05) is 11.4 Å². The zero-order chi connectivity index (χ0) is 12.1. The number of nitrogens with zero attached hydrogens (tertiary/aromatic N) is 2. The summed E-state index contributed by atoms with van der Waals surface area (Å²) < 4.78 is 5.06. The number of benzene rings is 1. The van der Waals surface area contributed by atoms with Gasteiger partial charge in [0.1, 0.15) is 0 Å². The molecule has 0 aliphatic rings. The molecule has 0 amide bonds. The van der Waals surface area contributed by atoms with Gasteiger partial charge in [-0.25, -0.2) is 0 Å². The summed E-state index contributed by atoms with van der Waals surface area (Å²) in [4.78, 5) is 5.37. The van der Waals surface area contributed by atoms with Crippen LogP contribution in [0.5, 0.6) is 0 Å². The molecule has 1 aromatic heterocycles. The second-order valence-electron chi connectivity index (χ2n) is 3.70. The average molecular weight is 249 g/mol. The highest BCUT2D eigenvalue weighted by atomic mass is 32.2. The van der Waals surface area contributed by atoms with Crippen molar-refractivity contribution in [1.29, 1.82) is 0 Å². The molecule has 1 aromatic carbocycles. The van der Waals surface area contributed by atoms with Gasteiger partial charge < -0.3 is 9.84 Å². The van der Waals surface area contributed by atoms with Crippen molar-refractivity contribution in [3.05, 3.63) is 41.5 Å². The predicted octanol–water partition coefficient (Wildman–Crippen LogP) is 2.39. The lowest BCUT2D eigenvalue weighted by Crippen LogP contribution is -2.04. The van der Waals surface area contributed by atoms with Gasteiger partial charge in [-0.05, 0) is 31.7 Å². The SMILES string of the molecule is CNCc1ccc(SCc2nc(C)no2)cc1. The maximum atomic E-state index is 5.06. The van der Waals surface area contributed by atoms with Crippen molar-refractivity contribution in [3.8, 4) is 0 Å². The van der Waals surface area contributed by atoms with E-state index in [1.165, 1.54) is 10.5 Å². The second-order valence-corrected chi connectivity index (χ2v) is 4.75. The fourth-order valence-electron chi connectivity index (χ4n) is 1.45. The Labute approximate surface area is 105 Å². The lowest BCUT2D eigenvalue weighted by molar-refractivity contribution is 0.387. The molecule has 1 heterocycles. The minimum absolute atomic E-state index is 0.673. The van der Waals surface area contributed by atoms with Crippen LogP contribution in [0.1, 0.15) is 17.3 Å². The number of nitrogens with one attached hydrogen (secondary N) is 1. The Morgan fingerprint density at radius 1 is 1.29 bits per heavy atom. The third-order valence-electron chi connectivity index (χ3n) is 2.24. The minimum atomic E-state index is 0.673. The molecule has 0 atom stereocenters. The fourth-order valence-corrected chi connectivity index (χ4v) is 2.19. The molecule has 0 aliphatic heterocycles. The van der Waals surface area contributed by atoms with E-state index >= 15 is 0 Å². The van der Waals surface area contributed by atoms with E-state index in [0.717, 1.165) is 6.54 Å². The fraction of sp³-hybridized carbons (Fsp3) is 0.333. The maximum absolute atomic E-state index is 5.06. The van der Waals surface area contributed by atoms with Gasteiger partial charge in [-0.15, -0.1) is 11.8 Å². The van der Waals surface area contributed by atoms with E-state index in [2.05, 4.69) is 39.7 Å². The molecular formula is C12H15N3OS. The largest absolute Gasteiger partial charge is 0.338 e. The number of hydrogen-bond acceptors (Lipinski definition) is 5. The van der Waals surface area contributed by atoms with Crippen LogP contribution in [0.2, 0.25) is 0 Å². The van der Waals surface area contributed by atoms with E-state index in [9.17, 15) is 0 Å². The van der Waals surface area contributed by atoms with Gasteiger partial charge in [0.05, 0.1) is 5.75 Å². The standard InChI is InChI=1S/C12H15N3OS/c1-9-14-12(16-15-9)8-17-11-5-3-10(4-6-11)7-13-2/h3-6,13H,7-8H2,1-2H3. The van der Waals surface area contributed by atoms with Crippen LogP contribution in [0.4, 0.5) is 0 Å². The zero-order valence-electron chi connectivity index (χ0n) is 9.93. The van der Waals surface area contributed by atoms with Gasteiger partial charge in [0.2, 0.25) is 5.89 Å². The molecule has 2 aromatic rings. The molecule has 0 spiro atoms. The number of rotatable bonds is 5. The number of aromatic nitrogens is 2. The second kappa shape index (κ2) is 5.84. The molecule has 2 rings (SSSR count). The number of hydrogen-bond donors (Lipinski definition) is 1. The molecule has 0 unspecified atom stereocenters. The minimum Gasteiger partial charge on any atom is -0.338 e. The monoisotopic (exact) mass is 249 g/mol. The summed E-state index contributed by atoms with van der Waals surface area (Å²) in [5, 5.41) is 6.88. The summed E-state index contributed by atoms with van der Waals surface area (Å²) in [5.41, 5.74) is 1.28. The van der Waals surface area contributed by atoms with Gasteiger partial charge in [-0.2, -0.15) is 4.98 Å². The van der Waals surface area contributed by atoms with Crippen LogP contribution < -0.4 is 5.32 Å². The lowest BCUT2D eigenvalue weighted by atomic mass is 10.2. The summed E-state index contributed by atoms with van der Waals surface area (Å²) in [7, 11) is 1.95. The van der Waals surface area contributed by atoms with Crippen LogP contribution in [0, 0.1) is 6.92 Å². The maximum Gasteiger partial charge on any atom is 0.236 e. The Balaban J connectivity index is 1.90. The van der Waals surface area contributed by atoms with Crippen LogP contribution in [0.15, 0.2) is 33.7 Å². The molecular weight excluding hydrogens is 234 g/mol. The van der Waals surface area contributed by atoms with Crippen molar-refractivity contribution < 1.29 is 4.52 Å². The van der Waals surface area contributed by atoms with Gasteiger partial charge in [0.25, 0.3) is 0 Å². The van der Waals surface area contributed by atoms with Crippen LogP contribution >= 0.6 is 11.8 Å². The highest BCUT2D eigenvalue weighted by Gasteiger charge is 2.03. The van der Waals surface area contributed by atoms with Crippen molar-refractivity contribution in [3.63, 3.8) is 0 Å². The van der Waals surface area contributed by atoms with Crippen LogP contribution in [-0.4, -0.2) is 17.2 Å². The molecule has 5 heteroatoms. The molecule has 0 bridgehead atoms. The Bertz CT molecular complexity index is 467. The summed E-state index contributed by atoms with van der Waals surface area (Å²) in [6, 6.07) is 8.47. The van der Waals surface area contributed by atoms with E-state index in [1.54, 1.807) is 11.8 Å². The lowest BCUT2D eigenvalue weighted by Gasteiger charge is -2.02. The predicted molar refractivity (Wildman–Crippen MR) is 67.8 cm³/mol. The van der Waals surface area contributed by atoms with Gasteiger partial charge in [0.15, 0.2) is 5.82 Å². The molecule has 0 saturated carbocycles. The molecule has 4 nitrogen and oxygen atoms in total. The van der Waals surface area contributed by atoms with E-state index in [1.807, 2.05) is 14.0 Å². The third kappa shape index (κ3) is 3.57. The first kappa shape index (κ1) is 12.1. The molecule has 0 fully saturated rings. The Kier molecular flexibility index (Phi) is 4.17. The van der Waals surface area contributed by atoms with Crippen LogP contribution in [0.25, 0.3) is 0 Å². The summed E-state index contributed by atoms with van der Waals surface area (Å²) in [6.45, 7) is 2.72. The average Bonchev–Trinajstić information content (AvgIpc) is 2.75. The smallest absolute Gasteiger partial charge is 0.236 e. The first-order valence-electron chi connectivity index (χ1n) is 5.43. The highest BCUT2D eigenvalue weighted by molar-refractivity contribution is 7.98. The quantitative estimate of drug-likeness (QED) is 0.825. The van der Waals surface area contributed by atoms with Crippen molar-refractivity contribution in [2.45, 2.75) is 24.1 Å². The number of thioether (sulfide) groups is 1. The molecule has 1 N–H and O–H groups in total. The first-order chi connectivity index (χ1) is 8.28. The van der Waals surface area contributed by atoms with E-state index in [4.69, 9.17) is 4.52 Å². The Hall–Kier alpha value is -1.33.